The summed E-state index contributed by atoms with van der Waals surface area (Å²) in [7, 11) is -13.4. The number of carbonyl (C=O) groups is 1. The van der Waals surface area contributed by atoms with Crippen LogP contribution in [0.3, 0.4) is 0 Å². The minimum Gasteiger partial charge on any atom is -0.477 e. The molecule has 22 heteroatoms. The Hall–Kier alpha value is -1.51. The standard InChI is InChI=1S/C8HF19O2S/c9-2(10,1(28)29)3(11,12)4(13,14)5(15,16)6(17,18)7(19,20)8(21,22)30(23,24,25,26)27/h(H,28,29). The summed E-state index contributed by atoms with van der Waals surface area (Å²) in [5, 5.41) is -2.03. The zero-order chi connectivity index (χ0) is 25.5. The molecule has 0 aliphatic rings. The minimum atomic E-state index is -13.4. The lowest BCUT2D eigenvalue weighted by Crippen LogP contribution is -2.74. The lowest BCUT2D eigenvalue weighted by atomic mass is 9.91. The van der Waals surface area contributed by atoms with Crippen LogP contribution in [0.5, 0.6) is 0 Å². The van der Waals surface area contributed by atoms with Crippen molar-refractivity contribution in [1.82, 2.24) is 0 Å². The molecule has 0 aromatic heterocycles. The van der Waals surface area contributed by atoms with Crippen LogP contribution in [0.2, 0.25) is 0 Å². The van der Waals surface area contributed by atoms with Gasteiger partial charge >= 0.3 is 57.0 Å². The van der Waals surface area contributed by atoms with Crippen LogP contribution in [0.25, 0.3) is 0 Å². The Bertz CT molecular complexity index is 717. The van der Waals surface area contributed by atoms with Gasteiger partial charge in [-0.2, -0.15) is 61.5 Å². The zero-order valence-electron chi connectivity index (χ0n) is 12.4. The summed E-state index contributed by atoms with van der Waals surface area (Å²) in [4.78, 5) is 9.76. The fourth-order valence-corrected chi connectivity index (χ4v) is 1.96. The largest absolute Gasteiger partial charge is 0.477 e. The van der Waals surface area contributed by atoms with Crippen LogP contribution >= 0.6 is 10.2 Å². The summed E-state index contributed by atoms with van der Waals surface area (Å²) < 4.78 is 239. The van der Waals surface area contributed by atoms with Crippen molar-refractivity contribution < 1.29 is 90.8 Å². The smallest absolute Gasteiger partial charge is 0.450 e. The van der Waals surface area contributed by atoms with Crippen molar-refractivity contribution in [2.24, 2.45) is 0 Å². The first kappa shape index (κ1) is 28.5. The Morgan fingerprint density at radius 2 is 0.733 bits per heavy atom. The molecule has 0 rings (SSSR count). The first-order chi connectivity index (χ1) is 12.2. The average Bonchev–Trinajstić information content (AvgIpc) is 2.42. The second kappa shape index (κ2) is 5.64. The summed E-state index contributed by atoms with van der Waals surface area (Å²) in [5.41, 5.74) is 0. The van der Waals surface area contributed by atoms with Gasteiger partial charge in [0.15, 0.2) is 0 Å². The Morgan fingerprint density at radius 3 is 0.967 bits per heavy atom. The number of hydrogen-bond acceptors (Lipinski definition) is 1. The number of carboxylic acids is 1. The van der Waals surface area contributed by atoms with Gasteiger partial charge in [0.25, 0.3) is 0 Å². The fourth-order valence-electron chi connectivity index (χ4n) is 1.35. The molecule has 1 N–H and O–H groups in total. The van der Waals surface area contributed by atoms with Crippen LogP contribution in [-0.2, 0) is 4.79 Å². The highest BCUT2D eigenvalue weighted by atomic mass is 32.5. The molecule has 0 saturated carbocycles. The van der Waals surface area contributed by atoms with Gasteiger partial charge in [-0.1, -0.05) is 19.4 Å². The van der Waals surface area contributed by atoms with Crippen LogP contribution in [0, 0.1) is 0 Å². The monoisotopic (exact) mass is 522 g/mol. The summed E-state index contributed by atoms with van der Waals surface area (Å²) in [6.07, 6.45) is 0. The Labute approximate surface area is 149 Å². The second-order valence-corrected chi connectivity index (χ2v) is 7.69. The third-order valence-electron chi connectivity index (χ3n) is 3.09. The third-order valence-corrected chi connectivity index (χ3v) is 4.32. The van der Waals surface area contributed by atoms with Crippen LogP contribution in [-0.4, -0.2) is 51.9 Å². The average molecular weight is 522 g/mol. The van der Waals surface area contributed by atoms with Gasteiger partial charge in [-0.25, -0.2) is 4.79 Å². The van der Waals surface area contributed by atoms with Crippen molar-refractivity contribution in [3.05, 3.63) is 0 Å². The van der Waals surface area contributed by atoms with Crippen LogP contribution in [0.15, 0.2) is 0 Å². The fraction of sp³-hybridized carbons (Fsp3) is 0.875. The van der Waals surface area contributed by atoms with Gasteiger partial charge in [-0.05, 0) is 0 Å². The minimum absolute atomic E-state index is 4.50. The molecule has 0 fully saturated rings. The lowest BCUT2D eigenvalue weighted by Gasteiger charge is -2.50. The Balaban J connectivity index is 7.03. The molecule has 0 bridgehead atoms. The van der Waals surface area contributed by atoms with E-state index < -0.39 is 57.0 Å². The van der Waals surface area contributed by atoms with E-state index in [0.717, 1.165) is 0 Å². The zero-order valence-corrected chi connectivity index (χ0v) is 13.3. The molecule has 0 aromatic carbocycles. The van der Waals surface area contributed by atoms with Gasteiger partial charge < -0.3 is 5.11 Å². The van der Waals surface area contributed by atoms with Crippen molar-refractivity contribution in [3.63, 3.8) is 0 Å². The van der Waals surface area contributed by atoms with Crippen molar-refractivity contribution >= 4 is 16.2 Å². The Morgan fingerprint density at radius 1 is 0.500 bits per heavy atom. The van der Waals surface area contributed by atoms with E-state index >= 15 is 0 Å². The van der Waals surface area contributed by atoms with E-state index in [9.17, 15) is 85.7 Å². The first-order valence-corrected chi connectivity index (χ1v) is 7.75. The van der Waals surface area contributed by atoms with Gasteiger partial charge in [-0.3, -0.25) is 0 Å². The van der Waals surface area contributed by atoms with Crippen molar-refractivity contribution in [2.45, 2.75) is 40.8 Å². The molecular weight excluding hydrogens is 521 g/mol. The molecule has 184 valence electrons. The second-order valence-electron chi connectivity index (χ2n) is 5.24. The van der Waals surface area contributed by atoms with Gasteiger partial charge in [0, 0.05) is 0 Å². The molecule has 0 aliphatic carbocycles. The number of carboxylic acid groups (broad SMARTS) is 1. The lowest BCUT2D eigenvalue weighted by molar-refractivity contribution is -0.433. The number of rotatable bonds is 8. The quantitative estimate of drug-likeness (QED) is 0.358. The number of halogens is 19. The van der Waals surface area contributed by atoms with Crippen molar-refractivity contribution in [2.75, 3.05) is 0 Å². The maximum absolute atomic E-state index is 13.4. The molecule has 0 saturated heterocycles. The Kier molecular flexibility index (Phi) is 5.35. The van der Waals surface area contributed by atoms with E-state index in [1.165, 1.54) is 0 Å². The van der Waals surface area contributed by atoms with Crippen molar-refractivity contribution in [1.29, 1.82) is 0 Å². The predicted molar refractivity (Wildman–Crippen MR) is 55.4 cm³/mol. The summed E-state index contributed by atoms with van der Waals surface area (Å²) in [5.74, 6) is -57.0. The van der Waals surface area contributed by atoms with E-state index in [2.05, 4.69) is 0 Å². The highest BCUT2D eigenvalue weighted by molar-refractivity contribution is 8.46. The van der Waals surface area contributed by atoms with E-state index in [0.29, 0.717) is 0 Å². The molecule has 2 nitrogen and oxygen atoms in total. The highest BCUT2D eigenvalue weighted by Crippen LogP contribution is 3.06. The van der Waals surface area contributed by atoms with E-state index in [4.69, 9.17) is 5.11 Å². The molecule has 0 radical (unpaired) electrons. The van der Waals surface area contributed by atoms with Gasteiger partial charge in [0.1, 0.15) is 0 Å². The summed E-state index contributed by atoms with van der Waals surface area (Å²) >= 11 is 0. The molecule has 0 aromatic rings. The summed E-state index contributed by atoms with van der Waals surface area (Å²) in [6.45, 7) is 0. The molecule has 0 heterocycles. The van der Waals surface area contributed by atoms with Gasteiger partial charge in [-0.15, -0.1) is 0 Å². The molecule has 0 spiro atoms. The third kappa shape index (κ3) is 3.19. The maximum Gasteiger partial charge on any atom is 0.450 e. The first-order valence-electron chi connectivity index (χ1n) is 5.80. The molecule has 0 amide bonds. The maximum atomic E-state index is 13.0. The SMILES string of the molecule is O=C(O)C(F)(F)C(F)(F)C(F)(F)C(F)(F)C(F)(F)C(F)(F)C(F)(F)S(F)(F)(F)(F)F. The van der Waals surface area contributed by atoms with Gasteiger partial charge in [0.05, 0.1) is 0 Å². The molecule has 0 aliphatic heterocycles. The summed E-state index contributed by atoms with van der Waals surface area (Å²) in [6, 6.07) is 0. The van der Waals surface area contributed by atoms with E-state index in [1.807, 2.05) is 0 Å². The highest BCUT2D eigenvalue weighted by Gasteiger charge is 3.01. The number of aliphatic carboxylic acids is 1. The van der Waals surface area contributed by atoms with E-state index in [1.54, 1.807) is 0 Å². The molecular formula is C8HF19O2S. The number of alkyl halides is 14. The van der Waals surface area contributed by atoms with E-state index in [-0.39, 0.29) is 0 Å². The molecule has 0 unspecified atom stereocenters. The molecule has 30 heavy (non-hydrogen) atoms. The normalized spacial score (nSPS) is 18.6. The topological polar surface area (TPSA) is 37.3 Å². The van der Waals surface area contributed by atoms with Crippen molar-refractivity contribution in [3.8, 4) is 0 Å². The number of hydrogen-bond donors (Lipinski definition) is 1. The van der Waals surface area contributed by atoms with Crippen LogP contribution in [0.1, 0.15) is 0 Å². The van der Waals surface area contributed by atoms with Gasteiger partial charge in [0.2, 0.25) is 0 Å². The molecule has 0 atom stereocenters. The predicted octanol–water partition coefficient (Wildman–Crippen LogP) is 6.77. The van der Waals surface area contributed by atoms with Crippen LogP contribution in [0.4, 0.5) is 80.9 Å². The van der Waals surface area contributed by atoms with Crippen LogP contribution < -0.4 is 0 Å².